The summed E-state index contributed by atoms with van der Waals surface area (Å²) in [6, 6.07) is 9.31. The molecule has 1 aliphatic heterocycles. The predicted molar refractivity (Wildman–Crippen MR) is 75.9 cm³/mol. The van der Waals surface area contributed by atoms with Crippen LogP contribution < -0.4 is 10.2 Å². The summed E-state index contributed by atoms with van der Waals surface area (Å²) < 4.78 is 0. The van der Waals surface area contributed by atoms with Crippen LogP contribution in [0.25, 0.3) is 0 Å². The van der Waals surface area contributed by atoms with Crippen LogP contribution in [-0.4, -0.2) is 30.3 Å². The summed E-state index contributed by atoms with van der Waals surface area (Å²) in [5, 5.41) is 12.9. The molecule has 0 bridgehead atoms. The molecule has 2 rings (SSSR count). The topological polar surface area (TPSA) is 35.5 Å². The van der Waals surface area contributed by atoms with Crippen LogP contribution in [0, 0.1) is 0 Å². The molecule has 0 radical (unpaired) electrons. The van der Waals surface area contributed by atoms with Crippen LogP contribution in [-0.2, 0) is 6.54 Å². The van der Waals surface area contributed by atoms with Crippen LogP contribution in [0.15, 0.2) is 24.3 Å². The highest BCUT2D eigenvalue weighted by Gasteiger charge is 2.25. The van der Waals surface area contributed by atoms with Gasteiger partial charge in [0.05, 0.1) is 12.6 Å². The second-order valence-corrected chi connectivity index (χ2v) is 5.34. The Bertz CT molecular complexity index is 379. The number of rotatable bonds is 5. The van der Waals surface area contributed by atoms with Gasteiger partial charge in [-0.2, -0.15) is 0 Å². The van der Waals surface area contributed by atoms with Crippen molar-refractivity contribution in [2.24, 2.45) is 0 Å². The van der Waals surface area contributed by atoms with E-state index in [1.165, 1.54) is 17.7 Å². The number of hydrogen-bond donors (Lipinski definition) is 2. The van der Waals surface area contributed by atoms with E-state index in [0.717, 1.165) is 19.5 Å². The first-order chi connectivity index (χ1) is 8.72. The summed E-state index contributed by atoms with van der Waals surface area (Å²) in [4.78, 5) is 2.36. The van der Waals surface area contributed by atoms with E-state index in [2.05, 4.69) is 48.3 Å². The Morgan fingerprint density at radius 1 is 1.39 bits per heavy atom. The van der Waals surface area contributed by atoms with Gasteiger partial charge in [-0.3, -0.25) is 0 Å². The van der Waals surface area contributed by atoms with E-state index >= 15 is 0 Å². The van der Waals surface area contributed by atoms with Gasteiger partial charge in [0.1, 0.15) is 0 Å². The Kier molecular flexibility index (Phi) is 4.61. The zero-order chi connectivity index (χ0) is 13.0. The molecule has 1 aromatic rings. The third-order valence-electron chi connectivity index (χ3n) is 3.59. The lowest BCUT2D eigenvalue weighted by Gasteiger charge is -2.28. The molecule has 0 amide bonds. The zero-order valence-electron chi connectivity index (χ0n) is 11.4. The highest BCUT2D eigenvalue weighted by Crippen LogP contribution is 2.28. The molecule has 0 aliphatic carbocycles. The number of hydrogen-bond acceptors (Lipinski definition) is 3. The molecule has 0 saturated carbocycles. The fourth-order valence-corrected chi connectivity index (χ4v) is 2.60. The van der Waals surface area contributed by atoms with Crippen molar-refractivity contribution in [3.05, 3.63) is 29.8 Å². The minimum atomic E-state index is 0.256. The van der Waals surface area contributed by atoms with Gasteiger partial charge in [0.25, 0.3) is 0 Å². The third-order valence-corrected chi connectivity index (χ3v) is 3.59. The summed E-state index contributed by atoms with van der Waals surface area (Å²) in [6.45, 7) is 6.53. The Labute approximate surface area is 110 Å². The minimum Gasteiger partial charge on any atom is -0.394 e. The van der Waals surface area contributed by atoms with Crippen LogP contribution in [0.4, 0.5) is 5.69 Å². The highest BCUT2D eigenvalue weighted by molar-refractivity contribution is 5.55. The maximum Gasteiger partial charge on any atom is 0.0635 e. The van der Waals surface area contributed by atoms with E-state index in [4.69, 9.17) is 0 Å². The van der Waals surface area contributed by atoms with E-state index in [-0.39, 0.29) is 6.61 Å². The minimum absolute atomic E-state index is 0.256. The van der Waals surface area contributed by atoms with Crippen LogP contribution in [0.5, 0.6) is 0 Å². The summed E-state index contributed by atoms with van der Waals surface area (Å²) in [5.74, 6) is 0. The Balaban J connectivity index is 2.16. The van der Waals surface area contributed by atoms with Crippen molar-refractivity contribution >= 4 is 5.69 Å². The lowest BCUT2D eigenvalue weighted by Crippen LogP contribution is -2.33. The van der Waals surface area contributed by atoms with Gasteiger partial charge in [0.2, 0.25) is 0 Å². The average Bonchev–Trinajstić information content (AvgIpc) is 2.84. The highest BCUT2D eigenvalue weighted by atomic mass is 16.3. The van der Waals surface area contributed by atoms with Crippen LogP contribution in [0.2, 0.25) is 0 Å². The fourth-order valence-electron chi connectivity index (χ4n) is 2.60. The van der Waals surface area contributed by atoms with Gasteiger partial charge in [-0.1, -0.05) is 32.0 Å². The van der Waals surface area contributed by atoms with Crippen molar-refractivity contribution in [3.63, 3.8) is 0 Å². The van der Waals surface area contributed by atoms with Crippen molar-refractivity contribution in [2.45, 2.75) is 45.3 Å². The number of benzene rings is 1. The maximum absolute atomic E-state index is 9.45. The van der Waals surface area contributed by atoms with E-state index < -0.39 is 0 Å². The molecule has 1 aromatic carbocycles. The molecular weight excluding hydrogens is 224 g/mol. The smallest absolute Gasteiger partial charge is 0.0635 e. The number of nitrogens with one attached hydrogen (secondary N) is 1. The SMILES string of the molecule is CC(C)NCc1ccccc1N1CCCC1CO. The molecule has 1 unspecified atom stereocenters. The van der Waals surface area contributed by atoms with E-state index in [0.29, 0.717) is 12.1 Å². The van der Waals surface area contributed by atoms with Gasteiger partial charge in [-0.25, -0.2) is 0 Å². The number of aliphatic hydroxyl groups excluding tert-OH is 1. The van der Waals surface area contributed by atoms with Crippen LogP contribution in [0.1, 0.15) is 32.3 Å². The molecule has 1 saturated heterocycles. The first-order valence-corrected chi connectivity index (χ1v) is 6.91. The molecule has 2 N–H and O–H groups in total. The molecule has 0 aromatic heterocycles. The molecule has 3 heteroatoms. The van der Waals surface area contributed by atoms with Gasteiger partial charge < -0.3 is 15.3 Å². The standard InChI is InChI=1S/C15H24N2O/c1-12(2)16-10-13-6-3-4-8-15(13)17-9-5-7-14(17)11-18/h3-4,6,8,12,14,16,18H,5,7,9-11H2,1-2H3. The largest absolute Gasteiger partial charge is 0.394 e. The Hall–Kier alpha value is -1.06. The van der Waals surface area contributed by atoms with Gasteiger partial charge in [-0.05, 0) is 24.5 Å². The molecule has 18 heavy (non-hydrogen) atoms. The fraction of sp³-hybridized carbons (Fsp3) is 0.600. The van der Waals surface area contributed by atoms with Crippen LogP contribution in [0.3, 0.4) is 0 Å². The van der Waals surface area contributed by atoms with Gasteiger partial charge in [0.15, 0.2) is 0 Å². The Morgan fingerprint density at radius 3 is 2.89 bits per heavy atom. The maximum atomic E-state index is 9.45. The molecule has 3 nitrogen and oxygen atoms in total. The third kappa shape index (κ3) is 3.03. The number of anilines is 1. The van der Waals surface area contributed by atoms with Crippen molar-refractivity contribution in [2.75, 3.05) is 18.1 Å². The van der Waals surface area contributed by atoms with Crippen molar-refractivity contribution in [1.82, 2.24) is 5.32 Å². The second kappa shape index (κ2) is 6.21. The summed E-state index contributed by atoms with van der Waals surface area (Å²) >= 11 is 0. The number of para-hydroxylation sites is 1. The number of aliphatic hydroxyl groups is 1. The zero-order valence-corrected chi connectivity index (χ0v) is 11.4. The lowest BCUT2D eigenvalue weighted by atomic mass is 10.1. The first kappa shape index (κ1) is 13.4. The summed E-state index contributed by atoms with van der Waals surface area (Å²) in [7, 11) is 0. The van der Waals surface area contributed by atoms with Gasteiger partial charge in [-0.15, -0.1) is 0 Å². The summed E-state index contributed by atoms with van der Waals surface area (Å²) in [6.07, 6.45) is 2.28. The van der Waals surface area contributed by atoms with Gasteiger partial charge >= 0.3 is 0 Å². The molecule has 100 valence electrons. The first-order valence-electron chi connectivity index (χ1n) is 6.91. The normalized spacial score (nSPS) is 19.8. The van der Waals surface area contributed by atoms with Crippen molar-refractivity contribution in [3.8, 4) is 0 Å². The predicted octanol–water partition coefficient (Wildman–Crippen LogP) is 2.15. The van der Waals surface area contributed by atoms with Crippen LogP contribution >= 0.6 is 0 Å². The quantitative estimate of drug-likeness (QED) is 0.838. The Morgan fingerprint density at radius 2 is 2.17 bits per heavy atom. The molecule has 1 aliphatic rings. The molecule has 1 fully saturated rings. The second-order valence-electron chi connectivity index (χ2n) is 5.34. The van der Waals surface area contributed by atoms with Crippen molar-refractivity contribution in [1.29, 1.82) is 0 Å². The average molecular weight is 248 g/mol. The summed E-state index contributed by atoms with van der Waals surface area (Å²) in [5.41, 5.74) is 2.61. The van der Waals surface area contributed by atoms with E-state index in [1.54, 1.807) is 0 Å². The van der Waals surface area contributed by atoms with E-state index in [1.807, 2.05) is 0 Å². The number of nitrogens with zero attached hydrogens (tertiary/aromatic N) is 1. The molecule has 1 atom stereocenters. The van der Waals surface area contributed by atoms with Gasteiger partial charge in [0, 0.05) is 24.8 Å². The lowest BCUT2D eigenvalue weighted by molar-refractivity contribution is 0.266. The van der Waals surface area contributed by atoms with Crippen molar-refractivity contribution < 1.29 is 5.11 Å². The monoisotopic (exact) mass is 248 g/mol. The molecule has 1 heterocycles. The molecule has 0 spiro atoms. The molecular formula is C15H24N2O. The van der Waals surface area contributed by atoms with E-state index in [9.17, 15) is 5.11 Å².